The van der Waals surface area contributed by atoms with Gasteiger partial charge in [0.2, 0.25) is 5.88 Å². The fraction of sp³-hybridized carbons (Fsp3) is 0.267. The molecule has 1 heterocycles. The van der Waals surface area contributed by atoms with E-state index in [-0.39, 0.29) is 5.41 Å². The topological polar surface area (TPSA) is 22.1 Å². The van der Waals surface area contributed by atoms with Gasteiger partial charge in [0.05, 0.1) is 0 Å². The van der Waals surface area contributed by atoms with Crippen LogP contribution < -0.4 is 4.74 Å². The maximum atomic E-state index is 6.13. The summed E-state index contributed by atoms with van der Waals surface area (Å²) < 4.78 is 6.69. The van der Waals surface area contributed by atoms with Gasteiger partial charge in [0, 0.05) is 16.2 Å². The Kier molecular flexibility index (Phi) is 4.16. The Morgan fingerprint density at radius 2 is 1.89 bits per heavy atom. The first kappa shape index (κ1) is 14.4. The largest absolute Gasteiger partial charge is 0.437 e. The number of aromatic nitrogens is 1. The van der Waals surface area contributed by atoms with Crippen LogP contribution in [0.4, 0.5) is 0 Å². The van der Waals surface area contributed by atoms with E-state index in [1.807, 2.05) is 18.2 Å². The summed E-state index contributed by atoms with van der Waals surface area (Å²) in [5.41, 5.74) is 1.12. The summed E-state index contributed by atoms with van der Waals surface area (Å²) in [7, 11) is 0. The average molecular weight is 341 g/mol. The molecule has 0 atom stereocenters. The molecule has 2 nitrogen and oxygen atoms in total. The number of halogens is 2. The molecule has 0 radical (unpaired) electrons. The summed E-state index contributed by atoms with van der Waals surface area (Å²) in [4.78, 5) is 4.20. The van der Waals surface area contributed by atoms with E-state index < -0.39 is 0 Å². The molecular formula is C15H15BrClNO. The first-order valence-corrected chi connectivity index (χ1v) is 7.13. The van der Waals surface area contributed by atoms with E-state index in [0.29, 0.717) is 10.9 Å². The molecule has 100 valence electrons. The van der Waals surface area contributed by atoms with Crippen LogP contribution in [0.25, 0.3) is 0 Å². The second kappa shape index (κ2) is 5.51. The quantitative estimate of drug-likeness (QED) is 0.711. The minimum Gasteiger partial charge on any atom is -0.437 e. The lowest BCUT2D eigenvalue weighted by molar-refractivity contribution is 0.440. The molecule has 0 aliphatic heterocycles. The minimum atomic E-state index is -0.00155. The van der Waals surface area contributed by atoms with Crippen LogP contribution in [0, 0.1) is 0 Å². The first-order chi connectivity index (χ1) is 8.88. The highest BCUT2D eigenvalue weighted by Crippen LogP contribution is 2.35. The van der Waals surface area contributed by atoms with Crippen LogP contribution in [-0.4, -0.2) is 4.98 Å². The number of rotatable bonds is 2. The minimum absolute atomic E-state index is 0.00155. The molecule has 0 bridgehead atoms. The average Bonchev–Trinajstić information content (AvgIpc) is 2.32. The van der Waals surface area contributed by atoms with Crippen molar-refractivity contribution in [2.45, 2.75) is 26.2 Å². The Morgan fingerprint density at radius 1 is 1.21 bits per heavy atom. The third-order valence-electron chi connectivity index (χ3n) is 2.68. The van der Waals surface area contributed by atoms with Crippen molar-refractivity contribution in [3.63, 3.8) is 0 Å². The van der Waals surface area contributed by atoms with Crippen molar-refractivity contribution < 1.29 is 4.74 Å². The molecule has 2 aromatic rings. The zero-order chi connectivity index (χ0) is 14.0. The van der Waals surface area contributed by atoms with Gasteiger partial charge in [0.15, 0.2) is 0 Å². The van der Waals surface area contributed by atoms with Crippen LogP contribution in [-0.2, 0) is 5.41 Å². The predicted molar refractivity (Wildman–Crippen MR) is 82.2 cm³/mol. The molecule has 0 aliphatic carbocycles. The van der Waals surface area contributed by atoms with Crippen LogP contribution >= 0.6 is 27.5 Å². The number of ether oxygens (including phenoxy) is 1. The molecule has 4 heteroatoms. The monoisotopic (exact) mass is 339 g/mol. The Balaban J connectivity index is 2.39. The van der Waals surface area contributed by atoms with Gasteiger partial charge in [-0.15, -0.1) is 0 Å². The van der Waals surface area contributed by atoms with Crippen LogP contribution in [0.3, 0.4) is 0 Å². The van der Waals surface area contributed by atoms with Gasteiger partial charge < -0.3 is 4.74 Å². The van der Waals surface area contributed by atoms with Crippen molar-refractivity contribution in [2.75, 3.05) is 0 Å². The summed E-state index contributed by atoms with van der Waals surface area (Å²) in [5.74, 6) is 1.20. The maximum Gasteiger partial charge on any atom is 0.238 e. The van der Waals surface area contributed by atoms with Gasteiger partial charge in [0.1, 0.15) is 10.8 Å². The molecule has 0 aliphatic rings. The van der Waals surface area contributed by atoms with Crippen LogP contribution in [0.15, 0.2) is 41.0 Å². The van der Waals surface area contributed by atoms with E-state index >= 15 is 0 Å². The van der Waals surface area contributed by atoms with Crippen molar-refractivity contribution in [3.8, 4) is 11.6 Å². The van der Waals surface area contributed by atoms with Gasteiger partial charge in [-0.1, -0.05) is 50.6 Å². The molecule has 1 aromatic carbocycles. The first-order valence-electron chi connectivity index (χ1n) is 5.96. The molecular weight excluding hydrogens is 326 g/mol. The van der Waals surface area contributed by atoms with Crippen molar-refractivity contribution in [3.05, 3.63) is 51.6 Å². The second-order valence-electron chi connectivity index (χ2n) is 5.29. The van der Waals surface area contributed by atoms with Crippen molar-refractivity contribution in [1.29, 1.82) is 0 Å². The fourth-order valence-electron chi connectivity index (χ4n) is 1.76. The summed E-state index contributed by atoms with van der Waals surface area (Å²) >= 11 is 9.45. The molecule has 19 heavy (non-hydrogen) atoms. The lowest BCUT2D eigenvalue weighted by Gasteiger charge is -2.22. The van der Waals surface area contributed by atoms with Gasteiger partial charge in [0.25, 0.3) is 0 Å². The molecule has 0 saturated heterocycles. The van der Waals surface area contributed by atoms with Crippen LogP contribution in [0.5, 0.6) is 11.6 Å². The lowest BCUT2D eigenvalue weighted by atomic mass is 9.86. The third-order valence-corrected chi connectivity index (χ3v) is 3.38. The lowest BCUT2D eigenvalue weighted by Crippen LogP contribution is -2.12. The number of para-hydroxylation sites is 1. The molecule has 1 aromatic heterocycles. The van der Waals surface area contributed by atoms with Gasteiger partial charge in [-0.05, 0) is 33.5 Å². The van der Waals surface area contributed by atoms with Gasteiger partial charge in [-0.3, -0.25) is 0 Å². The molecule has 0 N–H and O–H groups in total. The van der Waals surface area contributed by atoms with Gasteiger partial charge in [-0.25, -0.2) is 4.98 Å². The second-order valence-corrected chi connectivity index (χ2v) is 6.61. The highest BCUT2D eigenvalue weighted by molar-refractivity contribution is 9.10. The highest BCUT2D eigenvalue weighted by Gasteiger charge is 2.19. The maximum absolute atomic E-state index is 6.13. The van der Waals surface area contributed by atoms with Crippen molar-refractivity contribution in [2.24, 2.45) is 0 Å². The molecule has 0 saturated carbocycles. The van der Waals surface area contributed by atoms with Gasteiger partial charge >= 0.3 is 0 Å². The number of pyridine rings is 1. The molecule has 2 rings (SSSR count). The van der Waals surface area contributed by atoms with Crippen molar-refractivity contribution in [1.82, 2.24) is 4.98 Å². The van der Waals surface area contributed by atoms with Gasteiger partial charge in [-0.2, -0.15) is 0 Å². The zero-order valence-corrected chi connectivity index (χ0v) is 13.4. The number of hydrogen-bond acceptors (Lipinski definition) is 2. The number of hydrogen-bond donors (Lipinski definition) is 0. The van der Waals surface area contributed by atoms with Crippen molar-refractivity contribution >= 4 is 27.5 Å². The Hall–Kier alpha value is -1.06. The third kappa shape index (κ3) is 3.48. The normalized spacial score (nSPS) is 11.4. The van der Waals surface area contributed by atoms with E-state index in [0.717, 1.165) is 15.8 Å². The Labute approximate surface area is 126 Å². The van der Waals surface area contributed by atoms with E-state index in [1.54, 1.807) is 12.3 Å². The zero-order valence-electron chi connectivity index (χ0n) is 11.1. The molecule has 0 amide bonds. The summed E-state index contributed by atoms with van der Waals surface area (Å²) in [5, 5.41) is 0.484. The Bertz CT molecular complexity index is 593. The van der Waals surface area contributed by atoms with E-state index in [1.165, 1.54) is 0 Å². The van der Waals surface area contributed by atoms with E-state index in [4.69, 9.17) is 16.3 Å². The smallest absolute Gasteiger partial charge is 0.238 e. The van der Waals surface area contributed by atoms with E-state index in [2.05, 4.69) is 47.8 Å². The van der Waals surface area contributed by atoms with E-state index in [9.17, 15) is 0 Å². The Morgan fingerprint density at radius 3 is 2.53 bits per heavy atom. The molecule has 0 fully saturated rings. The van der Waals surface area contributed by atoms with Crippen LogP contribution in [0.2, 0.25) is 5.02 Å². The van der Waals surface area contributed by atoms with Crippen LogP contribution in [0.1, 0.15) is 26.3 Å². The molecule has 0 spiro atoms. The summed E-state index contributed by atoms with van der Waals surface area (Å²) in [6, 6.07) is 9.70. The molecule has 0 unspecified atom stereocenters. The summed E-state index contributed by atoms with van der Waals surface area (Å²) in [6.07, 6.45) is 1.67. The summed E-state index contributed by atoms with van der Waals surface area (Å²) in [6.45, 7) is 6.43. The SMILES string of the molecule is CC(C)(C)c1ccccc1Oc1ncc(Br)cc1Cl. The highest BCUT2D eigenvalue weighted by atomic mass is 79.9. The number of nitrogens with zero attached hydrogens (tertiary/aromatic N) is 1. The number of benzene rings is 1. The standard InChI is InChI=1S/C15H15BrClNO/c1-15(2,3)11-6-4-5-7-13(11)19-14-12(17)8-10(16)9-18-14/h4-9H,1-3H3. The predicted octanol–water partition coefficient (Wildman–Crippen LogP) is 5.59. The fourth-order valence-corrected chi connectivity index (χ4v) is 2.42.